The van der Waals surface area contributed by atoms with Crippen LogP contribution in [-0.4, -0.2) is 44.0 Å². The van der Waals surface area contributed by atoms with Crippen LogP contribution in [0.2, 0.25) is 51.9 Å². The zero-order valence-electron chi connectivity index (χ0n) is 21.0. The first-order chi connectivity index (χ1) is 14.7. The van der Waals surface area contributed by atoms with Crippen LogP contribution in [0.15, 0.2) is 23.2 Å². The summed E-state index contributed by atoms with van der Waals surface area (Å²) < 4.78 is 18.3. The molecule has 0 atom stereocenters. The van der Waals surface area contributed by atoms with E-state index in [1.54, 1.807) is 18.2 Å². The lowest BCUT2D eigenvalue weighted by Gasteiger charge is -2.38. The van der Waals surface area contributed by atoms with Gasteiger partial charge in [0.25, 0.3) is 0 Å². The van der Waals surface area contributed by atoms with Crippen molar-refractivity contribution in [2.75, 3.05) is 11.9 Å². The van der Waals surface area contributed by atoms with E-state index >= 15 is 0 Å². The second-order valence-corrected chi connectivity index (χ2v) is 23.0. The summed E-state index contributed by atoms with van der Waals surface area (Å²) in [7, 11) is -5.48. The molecule has 1 amide bonds. The Morgan fingerprint density at radius 2 is 1.56 bits per heavy atom. The van der Waals surface area contributed by atoms with Gasteiger partial charge in [-0.25, -0.2) is 9.59 Å². The summed E-state index contributed by atoms with van der Waals surface area (Å²) in [6.45, 7) is 17.8. The summed E-state index contributed by atoms with van der Waals surface area (Å²) in [6.07, 6.45) is 4.98. The Bertz CT molecular complexity index is 784. The molecule has 0 saturated carbocycles. The van der Waals surface area contributed by atoms with E-state index in [0.29, 0.717) is 18.0 Å². The van der Waals surface area contributed by atoms with Gasteiger partial charge in [0, 0.05) is 5.69 Å². The highest BCUT2D eigenvalue weighted by atomic mass is 28.5. The molecule has 0 aromatic heterocycles. The Morgan fingerprint density at radius 1 is 0.969 bits per heavy atom. The van der Waals surface area contributed by atoms with E-state index in [1.165, 1.54) is 6.08 Å². The number of unbranched alkanes of at least 4 members (excludes halogenated alkanes) is 3. The fraction of sp³-hybridized carbons (Fsp3) is 0.636. The second-order valence-electron chi connectivity index (χ2n) is 10.2. The number of isocyanates is 1. The molecule has 0 heterocycles. The van der Waals surface area contributed by atoms with Crippen LogP contribution in [0.1, 0.15) is 31.2 Å². The number of rotatable bonds is 13. The molecule has 1 rings (SSSR count). The number of aryl methyl sites for hydroxylation is 1. The molecule has 0 fully saturated rings. The van der Waals surface area contributed by atoms with Crippen LogP contribution in [0.4, 0.5) is 16.2 Å². The van der Waals surface area contributed by atoms with Crippen molar-refractivity contribution < 1.29 is 22.6 Å². The van der Waals surface area contributed by atoms with Gasteiger partial charge in [0.2, 0.25) is 6.08 Å². The summed E-state index contributed by atoms with van der Waals surface area (Å²) >= 11 is 0. The molecule has 1 aromatic rings. The van der Waals surface area contributed by atoms with Crippen molar-refractivity contribution in [1.29, 1.82) is 0 Å². The Morgan fingerprint density at radius 3 is 2.09 bits per heavy atom. The first-order valence-corrected chi connectivity index (χ1v) is 20.6. The molecule has 1 N–H and O–H groups in total. The summed E-state index contributed by atoms with van der Waals surface area (Å²) in [6, 6.07) is 6.08. The number of hydrogen-bond donors (Lipinski definition) is 1. The molecule has 0 aliphatic carbocycles. The van der Waals surface area contributed by atoms with Crippen molar-refractivity contribution in [3.63, 3.8) is 0 Å². The topological polar surface area (TPSA) is 86.2 Å². The minimum atomic E-state index is -2.16. The van der Waals surface area contributed by atoms with Crippen molar-refractivity contribution in [3.8, 4) is 0 Å². The molecule has 0 aliphatic rings. The Balaban J connectivity index is 2.34. The normalized spacial score (nSPS) is 12.2. The van der Waals surface area contributed by atoms with Crippen LogP contribution in [0, 0.1) is 6.92 Å². The van der Waals surface area contributed by atoms with Gasteiger partial charge in [-0.15, -0.1) is 0 Å². The Kier molecular flexibility index (Phi) is 11.2. The average molecular weight is 497 g/mol. The number of amides is 1. The maximum Gasteiger partial charge on any atom is 0.411 e. The van der Waals surface area contributed by atoms with Gasteiger partial charge in [0.15, 0.2) is 16.6 Å². The van der Waals surface area contributed by atoms with Crippen LogP contribution >= 0.6 is 0 Å². The van der Waals surface area contributed by atoms with E-state index in [9.17, 15) is 9.59 Å². The standard InChI is InChI=1S/C22H40N2O5Si3/c1-19-17-20(13-14-21(19)23-18-25)24-22(26)27-15-11-9-10-12-16-32(8,28-30(2,3)4)29-31(5,6)7/h13-14,17H,9-12,15-16H2,1-8H3,(H,24,26). The van der Waals surface area contributed by atoms with Crippen LogP contribution in [-0.2, 0) is 17.8 Å². The van der Waals surface area contributed by atoms with Crippen molar-refractivity contribution in [3.05, 3.63) is 23.8 Å². The molecule has 0 unspecified atom stereocenters. The molecule has 32 heavy (non-hydrogen) atoms. The Labute approximate surface area is 196 Å². The average Bonchev–Trinajstić information content (AvgIpc) is 2.60. The predicted octanol–water partition coefficient (Wildman–Crippen LogP) is 6.85. The van der Waals surface area contributed by atoms with Crippen molar-refractivity contribution in [1.82, 2.24) is 0 Å². The smallest absolute Gasteiger partial charge is 0.411 e. The highest BCUT2D eigenvalue weighted by Gasteiger charge is 2.39. The Hall–Kier alpha value is -1.56. The molecular weight excluding hydrogens is 457 g/mol. The van der Waals surface area contributed by atoms with E-state index in [4.69, 9.17) is 13.0 Å². The lowest BCUT2D eigenvalue weighted by Crippen LogP contribution is -2.52. The van der Waals surface area contributed by atoms with E-state index in [0.717, 1.165) is 37.3 Å². The van der Waals surface area contributed by atoms with Gasteiger partial charge in [0.05, 0.1) is 12.3 Å². The molecule has 10 heteroatoms. The number of carbonyl (C=O) groups is 1. The maximum atomic E-state index is 12.0. The minimum Gasteiger partial charge on any atom is -0.449 e. The number of ether oxygens (including phenoxy) is 1. The lowest BCUT2D eigenvalue weighted by molar-refractivity contribution is 0.159. The molecule has 0 radical (unpaired) electrons. The van der Waals surface area contributed by atoms with E-state index in [2.05, 4.69) is 56.1 Å². The van der Waals surface area contributed by atoms with Gasteiger partial charge in [-0.1, -0.05) is 19.3 Å². The fourth-order valence-electron chi connectivity index (χ4n) is 3.55. The number of carbonyl (C=O) groups excluding carboxylic acids is 2. The number of nitrogens with zero attached hydrogens (tertiary/aromatic N) is 1. The number of anilines is 1. The SMILES string of the molecule is Cc1cc(NC(=O)OCCCCCC[Si](C)(O[Si](C)(C)C)O[Si](C)(C)C)ccc1N=C=O. The van der Waals surface area contributed by atoms with Crippen LogP contribution in [0.3, 0.4) is 0 Å². The predicted molar refractivity (Wildman–Crippen MR) is 138 cm³/mol. The summed E-state index contributed by atoms with van der Waals surface area (Å²) in [4.78, 5) is 26.0. The highest BCUT2D eigenvalue weighted by Crippen LogP contribution is 2.26. The van der Waals surface area contributed by atoms with Gasteiger partial charge < -0.3 is 13.0 Å². The second kappa shape index (κ2) is 12.6. The first kappa shape index (κ1) is 28.5. The third-order valence-electron chi connectivity index (χ3n) is 4.41. The number of benzene rings is 1. The monoisotopic (exact) mass is 496 g/mol. The highest BCUT2D eigenvalue weighted by molar-refractivity contribution is 6.87. The summed E-state index contributed by atoms with van der Waals surface area (Å²) in [5, 5.41) is 2.70. The van der Waals surface area contributed by atoms with Gasteiger partial charge in [-0.05, 0) is 89.0 Å². The zero-order valence-corrected chi connectivity index (χ0v) is 24.0. The molecule has 0 aliphatic heterocycles. The van der Waals surface area contributed by atoms with Crippen LogP contribution in [0.25, 0.3) is 0 Å². The maximum absolute atomic E-state index is 12.0. The molecule has 1 aromatic carbocycles. The van der Waals surface area contributed by atoms with Gasteiger partial charge >= 0.3 is 14.7 Å². The molecule has 0 spiro atoms. The molecule has 7 nitrogen and oxygen atoms in total. The minimum absolute atomic E-state index is 0.379. The number of aliphatic imine (C=N–C) groups is 1. The molecular formula is C22H40N2O5Si3. The number of hydrogen-bond acceptors (Lipinski definition) is 6. The lowest BCUT2D eigenvalue weighted by atomic mass is 10.2. The first-order valence-electron chi connectivity index (χ1n) is 11.3. The van der Waals surface area contributed by atoms with Crippen LogP contribution in [0.5, 0.6) is 0 Å². The van der Waals surface area contributed by atoms with E-state index < -0.39 is 31.3 Å². The molecule has 0 bridgehead atoms. The molecule has 180 valence electrons. The quantitative estimate of drug-likeness (QED) is 0.140. The summed E-state index contributed by atoms with van der Waals surface area (Å²) in [5.74, 6) is 0. The van der Waals surface area contributed by atoms with Crippen molar-refractivity contribution in [2.24, 2.45) is 4.99 Å². The van der Waals surface area contributed by atoms with Gasteiger partial charge in [-0.2, -0.15) is 4.99 Å². The third kappa shape index (κ3) is 12.5. The van der Waals surface area contributed by atoms with E-state index in [1.807, 2.05) is 6.92 Å². The van der Waals surface area contributed by atoms with E-state index in [-0.39, 0.29) is 0 Å². The van der Waals surface area contributed by atoms with Gasteiger partial charge in [-0.3, -0.25) is 5.32 Å². The largest absolute Gasteiger partial charge is 0.449 e. The van der Waals surface area contributed by atoms with Crippen molar-refractivity contribution in [2.45, 2.75) is 84.5 Å². The zero-order chi connectivity index (χ0) is 24.4. The fourth-order valence-corrected chi connectivity index (χ4v) is 16.2. The van der Waals surface area contributed by atoms with Gasteiger partial charge in [0.1, 0.15) is 0 Å². The number of nitrogens with one attached hydrogen (secondary N) is 1. The summed E-state index contributed by atoms with van der Waals surface area (Å²) in [5.41, 5.74) is 1.91. The van der Waals surface area contributed by atoms with Crippen molar-refractivity contribution >= 4 is 48.7 Å². The van der Waals surface area contributed by atoms with Crippen LogP contribution < -0.4 is 5.32 Å². The third-order valence-corrected chi connectivity index (χ3v) is 14.0. The molecule has 0 saturated heterocycles.